The van der Waals surface area contributed by atoms with Crippen molar-refractivity contribution in [2.45, 2.75) is 45.7 Å². The molecule has 0 aromatic carbocycles. The van der Waals surface area contributed by atoms with Crippen LogP contribution in [0.15, 0.2) is 4.42 Å². The topological polar surface area (TPSA) is 75.6 Å². The minimum absolute atomic E-state index is 0.151. The second kappa shape index (κ2) is 6.38. The van der Waals surface area contributed by atoms with Crippen LogP contribution in [0.1, 0.15) is 36.6 Å². The Kier molecular flexibility index (Phi) is 4.49. The maximum atomic E-state index is 12.5. The van der Waals surface area contributed by atoms with Gasteiger partial charge in [0.1, 0.15) is 5.76 Å². The third kappa shape index (κ3) is 3.33. The maximum absolute atomic E-state index is 12.5. The molecule has 0 unspecified atom stereocenters. The minimum atomic E-state index is 0.151. The average molecular weight is 306 g/mol. The summed E-state index contributed by atoms with van der Waals surface area (Å²) >= 11 is 0. The van der Waals surface area contributed by atoms with Crippen LogP contribution in [0, 0.1) is 19.8 Å². The van der Waals surface area contributed by atoms with Gasteiger partial charge >= 0.3 is 0 Å². The number of carbonyl (C=O) groups is 1. The molecule has 3 rings (SSSR count). The van der Waals surface area contributed by atoms with Crippen molar-refractivity contribution in [3.63, 3.8) is 0 Å². The average Bonchev–Trinajstić information content (AvgIpc) is 3.06. The highest BCUT2D eigenvalue weighted by Crippen LogP contribution is 2.26. The highest BCUT2D eigenvalue weighted by molar-refractivity contribution is 5.79. The molecule has 1 saturated heterocycles. The lowest BCUT2D eigenvalue weighted by molar-refractivity contribution is -0.137. The molecule has 1 aromatic rings. The Morgan fingerprint density at radius 1 is 1.27 bits per heavy atom. The molecule has 0 radical (unpaired) electrons. The van der Waals surface area contributed by atoms with E-state index in [1.807, 2.05) is 18.7 Å². The fraction of sp³-hybridized carbons (Fsp3) is 0.750. The number of aromatic nitrogens is 1. The molecule has 1 saturated carbocycles. The summed E-state index contributed by atoms with van der Waals surface area (Å²) in [6.45, 7) is 7.98. The zero-order chi connectivity index (χ0) is 15.7. The van der Waals surface area contributed by atoms with E-state index in [1.54, 1.807) is 0 Å². The summed E-state index contributed by atoms with van der Waals surface area (Å²) in [4.78, 5) is 21.2. The molecule has 6 nitrogen and oxygen atoms in total. The molecule has 2 aliphatic rings. The van der Waals surface area contributed by atoms with E-state index in [0.717, 1.165) is 69.3 Å². The van der Waals surface area contributed by atoms with Crippen LogP contribution in [0.3, 0.4) is 0 Å². The molecular formula is C16H26N4O2. The van der Waals surface area contributed by atoms with E-state index in [0.29, 0.717) is 5.91 Å². The summed E-state index contributed by atoms with van der Waals surface area (Å²) in [5.41, 5.74) is 6.88. The molecule has 122 valence electrons. The van der Waals surface area contributed by atoms with Gasteiger partial charge in [0.25, 0.3) is 0 Å². The molecule has 2 atom stereocenters. The Hall–Kier alpha value is -1.40. The van der Waals surface area contributed by atoms with Gasteiger partial charge < -0.3 is 15.1 Å². The van der Waals surface area contributed by atoms with Crippen LogP contribution in [-0.4, -0.2) is 52.9 Å². The number of nitrogens with zero attached hydrogens (tertiary/aromatic N) is 3. The number of hydrogen-bond acceptors (Lipinski definition) is 5. The van der Waals surface area contributed by atoms with Crippen LogP contribution in [0.4, 0.5) is 0 Å². The van der Waals surface area contributed by atoms with Crippen molar-refractivity contribution < 1.29 is 9.21 Å². The number of aryl methyl sites for hydroxylation is 2. The molecule has 1 aliphatic carbocycles. The third-order valence-electron chi connectivity index (χ3n) is 4.94. The van der Waals surface area contributed by atoms with Crippen LogP contribution in [-0.2, 0) is 11.3 Å². The van der Waals surface area contributed by atoms with Gasteiger partial charge in [0.2, 0.25) is 11.8 Å². The zero-order valence-corrected chi connectivity index (χ0v) is 13.5. The van der Waals surface area contributed by atoms with E-state index in [9.17, 15) is 4.79 Å². The number of amides is 1. The van der Waals surface area contributed by atoms with Gasteiger partial charge in [-0.3, -0.25) is 9.69 Å². The Balaban J connectivity index is 1.49. The molecule has 1 amide bonds. The highest BCUT2D eigenvalue weighted by Gasteiger charge is 2.32. The molecule has 6 heteroatoms. The Morgan fingerprint density at radius 3 is 2.55 bits per heavy atom. The lowest BCUT2D eigenvalue weighted by atomic mass is 10.1. The van der Waals surface area contributed by atoms with E-state index in [-0.39, 0.29) is 12.0 Å². The second-order valence-corrected chi connectivity index (χ2v) is 6.62. The van der Waals surface area contributed by atoms with Gasteiger partial charge in [0.05, 0.1) is 12.2 Å². The maximum Gasteiger partial charge on any atom is 0.225 e. The van der Waals surface area contributed by atoms with Crippen molar-refractivity contribution in [1.82, 2.24) is 14.8 Å². The number of nitrogens with two attached hydrogens (primary N) is 1. The highest BCUT2D eigenvalue weighted by atomic mass is 16.4. The van der Waals surface area contributed by atoms with Crippen molar-refractivity contribution in [3.8, 4) is 0 Å². The van der Waals surface area contributed by atoms with Gasteiger partial charge in [-0.15, -0.1) is 0 Å². The van der Waals surface area contributed by atoms with Crippen LogP contribution in [0.5, 0.6) is 0 Å². The summed E-state index contributed by atoms with van der Waals surface area (Å²) in [5.74, 6) is 2.12. The Morgan fingerprint density at radius 2 is 2.00 bits per heavy atom. The molecule has 1 aliphatic heterocycles. The first kappa shape index (κ1) is 15.5. The molecule has 22 heavy (non-hydrogen) atoms. The monoisotopic (exact) mass is 306 g/mol. The summed E-state index contributed by atoms with van der Waals surface area (Å²) in [6.07, 6.45) is 2.79. The van der Waals surface area contributed by atoms with Crippen molar-refractivity contribution in [2.24, 2.45) is 11.7 Å². The molecular weight excluding hydrogens is 280 g/mol. The van der Waals surface area contributed by atoms with Gasteiger partial charge in [0.15, 0.2) is 0 Å². The van der Waals surface area contributed by atoms with Gasteiger partial charge in [-0.2, -0.15) is 0 Å². The number of carbonyl (C=O) groups excluding carboxylic acids is 1. The van der Waals surface area contributed by atoms with E-state index in [4.69, 9.17) is 10.2 Å². The van der Waals surface area contributed by atoms with Crippen molar-refractivity contribution in [3.05, 3.63) is 17.3 Å². The standard InChI is InChI=1S/C16H26N4O2/c1-11-12(2)22-15(18-11)10-19-5-7-20(8-6-19)16(21)13-3-4-14(17)9-13/h13-14H,3-10,17H2,1-2H3/t13-,14+/m1/s1. The summed E-state index contributed by atoms with van der Waals surface area (Å²) in [5, 5.41) is 0. The smallest absolute Gasteiger partial charge is 0.225 e. The summed E-state index contributed by atoms with van der Waals surface area (Å²) < 4.78 is 5.64. The van der Waals surface area contributed by atoms with E-state index in [2.05, 4.69) is 9.88 Å². The first-order valence-electron chi connectivity index (χ1n) is 8.22. The number of oxazole rings is 1. The van der Waals surface area contributed by atoms with E-state index in [1.165, 1.54) is 0 Å². The lowest BCUT2D eigenvalue weighted by Gasteiger charge is -2.35. The van der Waals surface area contributed by atoms with Gasteiger partial charge in [-0.1, -0.05) is 0 Å². The van der Waals surface area contributed by atoms with Crippen LogP contribution >= 0.6 is 0 Å². The van der Waals surface area contributed by atoms with Crippen molar-refractivity contribution in [2.75, 3.05) is 26.2 Å². The largest absolute Gasteiger partial charge is 0.444 e. The van der Waals surface area contributed by atoms with Crippen molar-refractivity contribution in [1.29, 1.82) is 0 Å². The van der Waals surface area contributed by atoms with Crippen LogP contribution < -0.4 is 5.73 Å². The fourth-order valence-corrected chi connectivity index (χ4v) is 3.42. The van der Waals surface area contributed by atoms with Gasteiger partial charge in [-0.25, -0.2) is 4.98 Å². The second-order valence-electron chi connectivity index (χ2n) is 6.62. The summed E-state index contributed by atoms with van der Waals surface area (Å²) in [7, 11) is 0. The predicted molar refractivity (Wildman–Crippen MR) is 83.2 cm³/mol. The van der Waals surface area contributed by atoms with E-state index < -0.39 is 0 Å². The lowest BCUT2D eigenvalue weighted by Crippen LogP contribution is -2.49. The third-order valence-corrected chi connectivity index (χ3v) is 4.94. The van der Waals surface area contributed by atoms with E-state index >= 15 is 0 Å². The molecule has 2 heterocycles. The van der Waals surface area contributed by atoms with Crippen LogP contribution in [0.2, 0.25) is 0 Å². The van der Waals surface area contributed by atoms with Gasteiger partial charge in [-0.05, 0) is 33.1 Å². The molecule has 0 spiro atoms. The summed E-state index contributed by atoms with van der Waals surface area (Å²) in [6, 6.07) is 0.215. The number of piperazine rings is 1. The normalized spacial score (nSPS) is 26.6. The van der Waals surface area contributed by atoms with Gasteiger partial charge in [0, 0.05) is 38.1 Å². The van der Waals surface area contributed by atoms with Crippen LogP contribution in [0.25, 0.3) is 0 Å². The predicted octanol–water partition coefficient (Wildman–Crippen LogP) is 1.06. The van der Waals surface area contributed by atoms with Crippen molar-refractivity contribution >= 4 is 5.91 Å². The molecule has 1 aromatic heterocycles. The minimum Gasteiger partial charge on any atom is -0.444 e. The number of rotatable bonds is 3. The zero-order valence-electron chi connectivity index (χ0n) is 13.5. The first-order valence-corrected chi connectivity index (χ1v) is 8.22. The first-order chi connectivity index (χ1) is 10.5. The molecule has 0 bridgehead atoms. The quantitative estimate of drug-likeness (QED) is 0.904. The number of hydrogen-bond donors (Lipinski definition) is 1. The Labute approximate surface area is 131 Å². The SMILES string of the molecule is Cc1nc(CN2CCN(C(=O)[C@@H]3CC[C@H](N)C3)CC2)oc1C. The molecule has 2 fully saturated rings. The Bertz CT molecular complexity index is 515. The fourth-order valence-electron chi connectivity index (χ4n) is 3.42. The molecule has 2 N–H and O–H groups in total.